The summed E-state index contributed by atoms with van der Waals surface area (Å²) in [5, 5.41) is 5.21. The van der Waals surface area contributed by atoms with Crippen LogP contribution in [0.5, 0.6) is 0 Å². The summed E-state index contributed by atoms with van der Waals surface area (Å²) in [6.45, 7) is 9.10. The number of rotatable bonds is 7. The second-order valence-corrected chi connectivity index (χ2v) is 7.52. The molecule has 1 atom stereocenters. The minimum Gasteiger partial charge on any atom is -0.303 e. The Morgan fingerprint density at radius 3 is 2.60 bits per heavy atom. The van der Waals surface area contributed by atoms with Crippen LogP contribution in [0.15, 0.2) is 0 Å². The van der Waals surface area contributed by atoms with Gasteiger partial charge in [0.2, 0.25) is 0 Å². The Bertz CT molecular complexity index is 401. The fourth-order valence-corrected chi connectivity index (χ4v) is 4.66. The molecule has 0 saturated heterocycles. The van der Waals surface area contributed by atoms with Gasteiger partial charge in [-0.2, -0.15) is 0 Å². The van der Waals surface area contributed by atoms with Gasteiger partial charge >= 0.3 is 0 Å². The predicted molar refractivity (Wildman–Crippen MR) is 88.5 cm³/mol. The van der Waals surface area contributed by atoms with Gasteiger partial charge in [0.25, 0.3) is 0 Å². The molecule has 1 unspecified atom stereocenters. The Morgan fingerprint density at radius 1 is 1.25 bits per heavy atom. The van der Waals surface area contributed by atoms with E-state index in [1.807, 2.05) is 11.3 Å². The average Bonchev–Trinajstić information content (AvgIpc) is 2.87. The maximum Gasteiger partial charge on any atom is 0.113 e. The highest BCUT2D eigenvalue weighted by Crippen LogP contribution is 2.37. The van der Waals surface area contributed by atoms with Gasteiger partial charge in [0, 0.05) is 10.9 Å². The maximum atomic E-state index is 5.06. The van der Waals surface area contributed by atoms with Gasteiger partial charge in [-0.25, -0.2) is 4.98 Å². The molecule has 20 heavy (non-hydrogen) atoms. The standard InChI is InChI=1S/C17H30N2S/c1-5-7-12-17(6-2,19-13(3)4)16-18-14-10-8-9-11-15(14)20-16/h13,19H,5-12H2,1-4H3. The first-order valence-electron chi connectivity index (χ1n) is 8.38. The number of unbranched alkanes of at least 4 members (excludes halogenated alkanes) is 1. The number of nitrogens with one attached hydrogen (secondary N) is 1. The molecule has 1 N–H and O–H groups in total. The van der Waals surface area contributed by atoms with E-state index >= 15 is 0 Å². The van der Waals surface area contributed by atoms with Crippen LogP contribution in [0.2, 0.25) is 0 Å². The zero-order valence-corrected chi connectivity index (χ0v) is 14.4. The zero-order valence-electron chi connectivity index (χ0n) is 13.6. The molecule has 1 heterocycles. The Hall–Kier alpha value is -0.410. The van der Waals surface area contributed by atoms with E-state index in [4.69, 9.17) is 4.98 Å². The molecule has 0 amide bonds. The first kappa shape index (κ1) is 16.0. The third-order valence-electron chi connectivity index (χ3n) is 4.38. The molecule has 0 aliphatic heterocycles. The van der Waals surface area contributed by atoms with Crippen LogP contribution in [0, 0.1) is 0 Å². The molecular formula is C17H30N2S. The van der Waals surface area contributed by atoms with E-state index in [9.17, 15) is 0 Å². The summed E-state index contributed by atoms with van der Waals surface area (Å²) < 4.78 is 0. The van der Waals surface area contributed by atoms with Crippen molar-refractivity contribution in [1.82, 2.24) is 10.3 Å². The summed E-state index contributed by atoms with van der Waals surface area (Å²) >= 11 is 1.99. The third-order valence-corrected chi connectivity index (χ3v) is 5.74. The van der Waals surface area contributed by atoms with Crippen LogP contribution in [0.25, 0.3) is 0 Å². The summed E-state index contributed by atoms with van der Waals surface area (Å²) in [4.78, 5) is 6.62. The largest absolute Gasteiger partial charge is 0.303 e. The fourth-order valence-electron chi connectivity index (χ4n) is 3.26. The van der Waals surface area contributed by atoms with Crippen molar-refractivity contribution in [2.75, 3.05) is 0 Å². The number of aryl methyl sites for hydroxylation is 2. The Balaban J connectivity index is 2.30. The molecule has 1 aromatic heterocycles. The van der Waals surface area contributed by atoms with Crippen molar-refractivity contribution in [3.05, 3.63) is 15.6 Å². The van der Waals surface area contributed by atoms with Crippen LogP contribution in [-0.4, -0.2) is 11.0 Å². The highest BCUT2D eigenvalue weighted by molar-refractivity contribution is 7.11. The minimum atomic E-state index is 0.103. The topological polar surface area (TPSA) is 24.9 Å². The molecule has 0 bridgehead atoms. The molecule has 0 saturated carbocycles. The van der Waals surface area contributed by atoms with Gasteiger partial charge in [-0.15, -0.1) is 11.3 Å². The molecule has 1 aliphatic carbocycles. The first-order valence-corrected chi connectivity index (χ1v) is 9.19. The minimum absolute atomic E-state index is 0.103. The van der Waals surface area contributed by atoms with Crippen molar-refractivity contribution in [2.45, 2.75) is 90.6 Å². The van der Waals surface area contributed by atoms with Gasteiger partial charge in [-0.1, -0.05) is 26.7 Å². The molecule has 3 heteroatoms. The van der Waals surface area contributed by atoms with Gasteiger partial charge in [-0.05, 0) is 52.4 Å². The lowest BCUT2D eigenvalue weighted by Crippen LogP contribution is -2.45. The number of aromatic nitrogens is 1. The van der Waals surface area contributed by atoms with Crippen LogP contribution in [0.3, 0.4) is 0 Å². The molecule has 0 spiro atoms. The van der Waals surface area contributed by atoms with Crippen molar-refractivity contribution in [1.29, 1.82) is 0 Å². The van der Waals surface area contributed by atoms with Gasteiger partial charge < -0.3 is 5.32 Å². The Kier molecular flexibility index (Phi) is 5.62. The SMILES string of the molecule is CCCCC(CC)(NC(C)C)c1nc2c(s1)CCCC2. The van der Waals surface area contributed by atoms with Crippen LogP contribution in [0.4, 0.5) is 0 Å². The summed E-state index contributed by atoms with van der Waals surface area (Å²) in [5.74, 6) is 0. The summed E-state index contributed by atoms with van der Waals surface area (Å²) in [6.07, 6.45) is 10.00. The Labute approximate surface area is 128 Å². The van der Waals surface area contributed by atoms with Crippen molar-refractivity contribution < 1.29 is 0 Å². The number of thiazole rings is 1. The van der Waals surface area contributed by atoms with E-state index in [1.165, 1.54) is 55.6 Å². The van der Waals surface area contributed by atoms with E-state index in [0.717, 1.165) is 6.42 Å². The lowest BCUT2D eigenvalue weighted by atomic mass is 9.89. The number of nitrogens with zero attached hydrogens (tertiary/aromatic N) is 1. The monoisotopic (exact) mass is 294 g/mol. The second kappa shape index (κ2) is 7.04. The molecule has 0 radical (unpaired) electrons. The smallest absolute Gasteiger partial charge is 0.113 e. The molecule has 114 valence electrons. The van der Waals surface area contributed by atoms with Gasteiger partial charge in [0.05, 0.1) is 11.2 Å². The molecule has 0 aromatic carbocycles. The number of hydrogen-bond donors (Lipinski definition) is 1. The number of fused-ring (bicyclic) bond motifs is 1. The van der Waals surface area contributed by atoms with Gasteiger partial charge in [-0.3, -0.25) is 0 Å². The molecule has 1 aromatic rings. The van der Waals surface area contributed by atoms with E-state index in [2.05, 4.69) is 33.0 Å². The predicted octanol–water partition coefficient (Wildman–Crippen LogP) is 4.82. The van der Waals surface area contributed by atoms with E-state index < -0.39 is 0 Å². The van der Waals surface area contributed by atoms with Crippen molar-refractivity contribution in [3.8, 4) is 0 Å². The van der Waals surface area contributed by atoms with E-state index in [-0.39, 0.29) is 5.54 Å². The molecule has 2 nitrogen and oxygen atoms in total. The lowest BCUT2D eigenvalue weighted by molar-refractivity contribution is 0.264. The fraction of sp³-hybridized carbons (Fsp3) is 0.824. The van der Waals surface area contributed by atoms with Crippen LogP contribution < -0.4 is 5.32 Å². The highest BCUT2D eigenvalue weighted by Gasteiger charge is 2.34. The molecule has 2 rings (SSSR count). The van der Waals surface area contributed by atoms with Gasteiger partial charge in [0.15, 0.2) is 0 Å². The lowest BCUT2D eigenvalue weighted by Gasteiger charge is -2.34. The van der Waals surface area contributed by atoms with E-state index in [1.54, 1.807) is 4.88 Å². The maximum absolute atomic E-state index is 5.06. The summed E-state index contributed by atoms with van der Waals surface area (Å²) in [5.41, 5.74) is 1.50. The quantitative estimate of drug-likeness (QED) is 0.780. The zero-order chi connectivity index (χ0) is 14.6. The molecule has 0 fully saturated rings. The first-order chi connectivity index (χ1) is 9.61. The van der Waals surface area contributed by atoms with Crippen molar-refractivity contribution >= 4 is 11.3 Å². The summed E-state index contributed by atoms with van der Waals surface area (Å²) in [6, 6.07) is 0.507. The van der Waals surface area contributed by atoms with E-state index in [0.29, 0.717) is 6.04 Å². The highest BCUT2D eigenvalue weighted by atomic mass is 32.1. The van der Waals surface area contributed by atoms with Crippen LogP contribution in [0.1, 0.15) is 81.8 Å². The molecule has 1 aliphatic rings. The summed E-state index contributed by atoms with van der Waals surface area (Å²) in [7, 11) is 0. The Morgan fingerprint density at radius 2 is 2.00 bits per heavy atom. The van der Waals surface area contributed by atoms with Crippen molar-refractivity contribution in [3.63, 3.8) is 0 Å². The number of hydrogen-bond acceptors (Lipinski definition) is 3. The van der Waals surface area contributed by atoms with Crippen molar-refractivity contribution in [2.24, 2.45) is 0 Å². The third kappa shape index (κ3) is 3.43. The average molecular weight is 295 g/mol. The second-order valence-electron chi connectivity index (χ2n) is 6.43. The molecular weight excluding hydrogens is 264 g/mol. The van der Waals surface area contributed by atoms with Gasteiger partial charge in [0.1, 0.15) is 5.01 Å². The normalized spacial score (nSPS) is 18.1. The van der Waals surface area contributed by atoms with Crippen LogP contribution in [-0.2, 0) is 18.4 Å². The van der Waals surface area contributed by atoms with Crippen LogP contribution >= 0.6 is 11.3 Å².